The van der Waals surface area contributed by atoms with Crippen LogP contribution >= 0.6 is 0 Å². The molecule has 2 aromatic carbocycles. The van der Waals surface area contributed by atoms with Gasteiger partial charge in [-0.3, -0.25) is 5.41 Å². The Bertz CT molecular complexity index is 635. The van der Waals surface area contributed by atoms with Crippen LogP contribution in [0, 0.1) is 17.0 Å². The second-order valence-corrected chi connectivity index (χ2v) is 4.63. The number of hydrogen-bond donors (Lipinski definition) is 1. The van der Waals surface area contributed by atoms with Crippen LogP contribution in [0.2, 0.25) is 0 Å². The van der Waals surface area contributed by atoms with Crippen LogP contribution in [0.25, 0.3) is 0 Å². The minimum Gasteiger partial charge on any atom is -0.348 e. The van der Waals surface area contributed by atoms with Crippen LogP contribution in [0.3, 0.4) is 0 Å². The Morgan fingerprint density at radius 1 is 1.00 bits per heavy atom. The van der Waals surface area contributed by atoms with E-state index >= 15 is 0 Å². The second-order valence-electron chi connectivity index (χ2n) is 4.63. The molecule has 1 aliphatic rings. The van der Waals surface area contributed by atoms with Gasteiger partial charge in [0.05, 0.1) is 0 Å². The summed E-state index contributed by atoms with van der Waals surface area (Å²) in [4.78, 5) is 1.84. The minimum atomic E-state index is -0.327. The van der Waals surface area contributed by atoms with Crippen molar-refractivity contribution < 1.29 is 8.78 Å². The summed E-state index contributed by atoms with van der Waals surface area (Å²) >= 11 is 0. The molecule has 4 heteroatoms. The van der Waals surface area contributed by atoms with Crippen molar-refractivity contribution in [1.29, 1.82) is 5.41 Å². The molecule has 96 valence electrons. The Morgan fingerprint density at radius 2 is 1.68 bits per heavy atom. The Morgan fingerprint density at radius 3 is 2.42 bits per heavy atom. The highest BCUT2D eigenvalue weighted by atomic mass is 19.1. The fourth-order valence-electron chi connectivity index (χ4n) is 2.31. The second kappa shape index (κ2) is 4.46. The largest absolute Gasteiger partial charge is 0.348 e. The fraction of sp³-hybridized carbons (Fsp3) is 0.133. The SMILES string of the molecule is N=C1c2cc(F)ccc2CN1Cc1ccc(F)cc1. The summed E-state index contributed by atoms with van der Waals surface area (Å²) in [5.41, 5.74) is 2.52. The van der Waals surface area contributed by atoms with Gasteiger partial charge in [0.15, 0.2) is 0 Å². The van der Waals surface area contributed by atoms with Gasteiger partial charge in [0.1, 0.15) is 17.5 Å². The smallest absolute Gasteiger partial charge is 0.129 e. The third kappa shape index (κ3) is 2.21. The summed E-state index contributed by atoms with van der Waals surface area (Å²) in [7, 11) is 0. The summed E-state index contributed by atoms with van der Waals surface area (Å²) in [6, 6.07) is 10.7. The molecule has 0 radical (unpaired) electrons. The van der Waals surface area contributed by atoms with Gasteiger partial charge in [-0.15, -0.1) is 0 Å². The molecule has 0 saturated heterocycles. The maximum atomic E-state index is 13.2. The molecule has 1 heterocycles. The Balaban J connectivity index is 1.82. The van der Waals surface area contributed by atoms with Crippen molar-refractivity contribution in [3.63, 3.8) is 0 Å². The Kier molecular flexibility index (Phi) is 2.78. The van der Waals surface area contributed by atoms with Gasteiger partial charge in [0.2, 0.25) is 0 Å². The van der Waals surface area contributed by atoms with E-state index in [0.29, 0.717) is 24.5 Å². The van der Waals surface area contributed by atoms with E-state index in [0.717, 1.165) is 11.1 Å². The first-order valence-electron chi connectivity index (χ1n) is 6.00. The zero-order valence-electron chi connectivity index (χ0n) is 10.2. The van der Waals surface area contributed by atoms with Crippen molar-refractivity contribution in [3.8, 4) is 0 Å². The summed E-state index contributed by atoms with van der Waals surface area (Å²) in [5.74, 6) is -0.281. The van der Waals surface area contributed by atoms with Crippen LogP contribution in [0.15, 0.2) is 42.5 Å². The third-order valence-electron chi connectivity index (χ3n) is 3.29. The van der Waals surface area contributed by atoms with Crippen molar-refractivity contribution in [2.24, 2.45) is 0 Å². The van der Waals surface area contributed by atoms with Crippen LogP contribution in [-0.4, -0.2) is 10.7 Å². The average molecular weight is 258 g/mol. The molecule has 19 heavy (non-hydrogen) atoms. The Hall–Kier alpha value is -2.23. The van der Waals surface area contributed by atoms with E-state index in [2.05, 4.69) is 0 Å². The Labute approximate surface area is 109 Å². The number of nitrogens with zero attached hydrogens (tertiary/aromatic N) is 1. The van der Waals surface area contributed by atoms with E-state index < -0.39 is 0 Å². The predicted octanol–water partition coefficient (Wildman–Crippen LogP) is 3.31. The van der Waals surface area contributed by atoms with E-state index in [9.17, 15) is 8.78 Å². The molecule has 0 bridgehead atoms. The topological polar surface area (TPSA) is 27.1 Å². The first kappa shape index (κ1) is 11.8. The standard InChI is InChI=1S/C15H12F2N2/c16-12-4-1-10(2-5-12)8-19-9-11-3-6-13(17)7-14(11)15(19)18/h1-7,18H,8-9H2. The van der Waals surface area contributed by atoms with E-state index in [-0.39, 0.29) is 11.6 Å². The van der Waals surface area contributed by atoms with E-state index in [1.54, 1.807) is 18.2 Å². The summed E-state index contributed by atoms with van der Waals surface area (Å²) in [6.45, 7) is 1.11. The highest BCUT2D eigenvalue weighted by Gasteiger charge is 2.24. The van der Waals surface area contributed by atoms with Gasteiger partial charge in [-0.05, 0) is 35.4 Å². The number of benzene rings is 2. The molecule has 0 atom stereocenters. The zero-order valence-corrected chi connectivity index (χ0v) is 10.2. The molecule has 0 saturated carbocycles. The number of nitrogens with one attached hydrogen (secondary N) is 1. The molecule has 1 N–H and O–H groups in total. The van der Waals surface area contributed by atoms with Crippen LogP contribution in [0.1, 0.15) is 16.7 Å². The van der Waals surface area contributed by atoms with E-state index in [1.807, 2.05) is 4.90 Å². The van der Waals surface area contributed by atoms with Crippen LogP contribution < -0.4 is 0 Å². The molecule has 0 spiro atoms. The lowest BCUT2D eigenvalue weighted by Crippen LogP contribution is -2.23. The molecular formula is C15H12F2N2. The number of amidine groups is 1. The van der Waals surface area contributed by atoms with Crippen molar-refractivity contribution in [2.75, 3.05) is 0 Å². The number of halogens is 2. The summed E-state index contributed by atoms with van der Waals surface area (Å²) < 4.78 is 26.0. The predicted molar refractivity (Wildman–Crippen MR) is 68.9 cm³/mol. The quantitative estimate of drug-likeness (QED) is 0.879. The van der Waals surface area contributed by atoms with Gasteiger partial charge in [0.25, 0.3) is 0 Å². The van der Waals surface area contributed by atoms with Gasteiger partial charge in [-0.25, -0.2) is 8.78 Å². The summed E-state index contributed by atoms with van der Waals surface area (Å²) in [6.07, 6.45) is 0. The lowest BCUT2D eigenvalue weighted by Gasteiger charge is -2.17. The van der Waals surface area contributed by atoms with Gasteiger partial charge in [-0.2, -0.15) is 0 Å². The lowest BCUT2D eigenvalue weighted by atomic mass is 10.1. The molecule has 0 unspecified atom stereocenters. The molecule has 2 aromatic rings. The van der Waals surface area contributed by atoms with E-state index in [1.165, 1.54) is 24.3 Å². The molecule has 0 aromatic heterocycles. The first-order valence-corrected chi connectivity index (χ1v) is 6.00. The highest BCUT2D eigenvalue weighted by molar-refractivity contribution is 6.00. The third-order valence-corrected chi connectivity index (χ3v) is 3.29. The molecule has 0 fully saturated rings. The summed E-state index contributed by atoms with van der Waals surface area (Å²) in [5, 5.41) is 8.06. The maximum absolute atomic E-state index is 13.2. The zero-order chi connectivity index (χ0) is 13.4. The number of hydrogen-bond acceptors (Lipinski definition) is 1. The molecule has 1 aliphatic heterocycles. The van der Waals surface area contributed by atoms with Gasteiger partial charge in [0, 0.05) is 18.7 Å². The molecule has 0 amide bonds. The molecule has 0 aliphatic carbocycles. The molecule has 3 rings (SSSR count). The average Bonchev–Trinajstić information content (AvgIpc) is 2.70. The number of fused-ring (bicyclic) bond motifs is 1. The molecule has 2 nitrogen and oxygen atoms in total. The monoisotopic (exact) mass is 258 g/mol. The van der Waals surface area contributed by atoms with E-state index in [4.69, 9.17) is 5.41 Å². The normalized spacial score (nSPS) is 13.8. The van der Waals surface area contributed by atoms with Crippen molar-refractivity contribution in [1.82, 2.24) is 4.90 Å². The minimum absolute atomic E-state index is 0.273. The van der Waals surface area contributed by atoms with Crippen LogP contribution in [0.4, 0.5) is 8.78 Å². The fourth-order valence-corrected chi connectivity index (χ4v) is 2.31. The first-order chi connectivity index (χ1) is 9.13. The van der Waals surface area contributed by atoms with Gasteiger partial charge < -0.3 is 4.90 Å². The van der Waals surface area contributed by atoms with Gasteiger partial charge >= 0.3 is 0 Å². The van der Waals surface area contributed by atoms with Crippen LogP contribution in [-0.2, 0) is 13.1 Å². The lowest BCUT2D eigenvalue weighted by molar-refractivity contribution is 0.422. The molecular weight excluding hydrogens is 246 g/mol. The highest BCUT2D eigenvalue weighted by Crippen LogP contribution is 2.25. The van der Waals surface area contributed by atoms with Gasteiger partial charge in [-0.1, -0.05) is 18.2 Å². The number of rotatable bonds is 2. The van der Waals surface area contributed by atoms with Crippen molar-refractivity contribution in [3.05, 3.63) is 70.8 Å². The van der Waals surface area contributed by atoms with Crippen LogP contribution in [0.5, 0.6) is 0 Å². The van der Waals surface area contributed by atoms with Crippen molar-refractivity contribution in [2.45, 2.75) is 13.1 Å². The maximum Gasteiger partial charge on any atom is 0.129 e. The van der Waals surface area contributed by atoms with Crippen molar-refractivity contribution >= 4 is 5.84 Å².